The minimum Gasteiger partial charge on any atom is -0.399 e. The first-order chi connectivity index (χ1) is 12.8. The molecule has 0 spiro atoms. The van der Waals surface area contributed by atoms with Gasteiger partial charge in [-0.25, -0.2) is 4.79 Å². The molecule has 142 valence electrons. The standard InChI is InChI=1S/C21H27BN2O3/c1-20(2)21(3,4)27-22(26-20)17-11-8-12-18(15-17)24-19(25)23-14-13-16-9-6-5-7-10-16/h5-12,15H,13-14H2,1-4H3,(H2,23,24,25). The minimum atomic E-state index is -0.446. The molecule has 0 atom stereocenters. The highest BCUT2D eigenvalue weighted by atomic mass is 16.7. The van der Waals surface area contributed by atoms with Crippen LogP contribution in [0.25, 0.3) is 0 Å². The van der Waals surface area contributed by atoms with Gasteiger partial charge in [0, 0.05) is 12.2 Å². The maximum absolute atomic E-state index is 12.2. The van der Waals surface area contributed by atoms with Crippen LogP contribution in [0.15, 0.2) is 54.6 Å². The normalized spacial score (nSPS) is 17.6. The topological polar surface area (TPSA) is 59.6 Å². The largest absolute Gasteiger partial charge is 0.494 e. The highest BCUT2D eigenvalue weighted by Gasteiger charge is 2.51. The molecular formula is C21H27BN2O3. The SMILES string of the molecule is CC1(C)OB(c2cccc(NC(=O)NCCc3ccccc3)c2)OC1(C)C. The molecule has 2 aromatic carbocycles. The predicted molar refractivity (Wildman–Crippen MR) is 109 cm³/mol. The van der Waals surface area contributed by atoms with Gasteiger partial charge in [0.1, 0.15) is 0 Å². The second kappa shape index (κ2) is 7.75. The molecule has 0 aromatic heterocycles. The average Bonchev–Trinajstić information content (AvgIpc) is 2.84. The summed E-state index contributed by atoms with van der Waals surface area (Å²) in [6, 6.07) is 17.4. The average molecular weight is 366 g/mol. The third-order valence-electron chi connectivity index (χ3n) is 5.21. The van der Waals surface area contributed by atoms with E-state index in [4.69, 9.17) is 9.31 Å². The Morgan fingerprint density at radius 2 is 1.63 bits per heavy atom. The van der Waals surface area contributed by atoms with Gasteiger partial charge in [-0.05, 0) is 57.3 Å². The molecular weight excluding hydrogens is 339 g/mol. The van der Waals surface area contributed by atoms with E-state index in [1.165, 1.54) is 5.56 Å². The van der Waals surface area contributed by atoms with Gasteiger partial charge in [0.15, 0.2) is 0 Å². The van der Waals surface area contributed by atoms with Crippen molar-refractivity contribution in [1.82, 2.24) is 5.32 Å². The van der Waals surface area contributed by atoms with E-state index < -0.39 is 18.3 Å². The van der Waals surface area contributed by atoms with Crippen molar-refractivity contribution in [2.75, 3.05) is 11.9 Å². The van der Waals surface area contributed by atoms with E-state index in [-0.39, 0.29) is 6.03 Å². The lowest BCUT2D eigenvalue weighted by atomic mass is 9.79. The number of nitrogens with one attached hydrogen (secondary N) is 2. The molecule has 6 heteroatoms. The molecule has 0 bridgehead atoms. The van der Waals surface area contributed by atoms with E-state index in [9.17, 15) is 4.79 Å². The monoisotopic (exact) mass is 366 g/mol. The number of anilines is 1. The zero-order valence-electron chi connectivity index (χ0n) is 16.4. The fourth-order valence-corrected chi connectivity index (χ4v) is 2.88. The molecule has 27 heavy (non-hydrogen) atoms. The van der Waals surface area contributed by atoms with Crippen LogP contribution in [0.3, 0.4) is 0 Å². The molecule has 1 heterocycles. The fraction of sp³-hybridized carbons (Fsp3) is 0.381. The van der Waals surface area contributed by atoms with Gasteiger partial charge in [-0.3, -0.25) is 0 Å². The predicted octanol–water partition coefficient (Wildman–Crippen LogP) is 3.35. The molecule has 0 unspecified atom stereocenters. The van der Waals surface area contributed by atoms with Crippen LogP contribution in [0.4, 0.5) is 10.5 Å². The highest BCUT2D eigenvalue weighted by molar-refractivity contribution is 6.62. The third-order valence-corrected chi connectivity index (χ3v) is 5.21. The van der Waals surface area contributed by atoms with Gasteiger partial charge in [0.25, 0.3) is 0 Å². The summed E-state index contributed by atoms with van der Waals surface area (Å²) >= 11 is 0. The Balaban J connectivity index is 1.55. The first kappa shape index (κ1) is 19.5. The molecule has 0 aliphatic carbocycles. The molecule has 5 nitrogen and oxygen atoms in total. The van der Waals surface area contributed by atoms with Crippen molar-refractivity contribution in [2.24, 2.45) is 0 Å². The number of rotatable bonds is 5. The van der Waals surface area contributed by atoms with Crippen LogP contribution in [0, 0.1) is 0 Å². The molecule has 2 amide bonds. The van der Waals surface area contributed by atoms with Crippen LogP contribution in [-0.4, -0.2) is 30.9 Å². The van der Waals surface area contributed by atoms with Crippen LogP contribution < -0.4 is 16.1 Å². The van der Waals surface area contributed by atoms with Gasteiger partial charge >= 0.3 is 13.1 Å². The number of amides is 2. The summed E-state index contributed by atoms with van der Waals surface area (Å²) in [6.45, 7) is 8.67. The Kier molecular flexibility index (Phi) is 5.58. The van der Waals surface area contributed by atoms with E-state index in [2.05, 4.69) is 10.6 Å². The lowest BCUT2D eigenvalue weighted by Crippen LogP contribution is -2.41. The van der Waals surface area contributed by atoms with Crippen molar-refractivity contribution in [3.63, 3.8) is 0 Å². The summed E-state index contributed by atoms with van der Waals surface area (Å²) in [5.41, 5.74) is 2.00. The van der Waals surface area contributed by atoms with Crippen molar-refractivity contribution in [3.05, 3.63) is 60.2 Å². The molecule has 1 saturated heterocycles. The van der Waals surface area contributed by atoms with Crippen molar-refractivity contribution in [1.29, 1.82) is 0 Å². The Labute approximate surface area is 161 Å². The number of urea groups is 1. The molecule has 2 N–H and O–H groups in total. The van der Waals surface area contributed by atoms with E-state index in [1.807, 2.05) is 82.3 Å². The van der Waals surface area contributed by atoms with Gasteiger partial charge in [-0.15, -0.1) is 0 Å². The Hall–Kier alpha value is -2.31. The molecule has 3 rings (SSSR count). The number of hydrogen-bond donors (Lipinski definition) is 2. The molecule has 0 radical (unpaired) electrons. The number of carbonyl (C=O) groups excluding carboxylic acids is 1. The number of benzene rings is 2. The fourth-order valence-electron chi connectivity index (χ4n) is 2.88. The zero-order valence-corrected chi connectivity index (χ0v) is 16.4. The minimum absolute atomic E-state index is 0.225. The third kappa shape index (κ3) is 4.70. The quantitative estimate of drug-likeness (QED) is 0.798. The second-order valence-corrected chi connectivity index (χ2v) is 7.83. The second-order valence-electron chi connectivity index (χ2n) is 7.83. The summed E-state index contributed by atoms with van der Waals surface area (Å²) < 4.78 is 12.1. The van der Waals surface area contributed by atoms with Crippen LogP contribution in [-0.2, 0) is 15.7 Å². The van der Waals surface area contributed by atoms with Crippen molar-refractivity contribution >= 4 is 24.3 Å². The lowest BCUT2D eigenvalue weighted by Gasteiger charge is -2.32. The van der Waals surface area contributed by atoms with Crippen LogP contribution in [0.1, 0.15) is 33.3 Å². The maximum atomic E-state index is 12.2. The van der Waals surface area contributed by atoms with E-state index in [1.54, 1.807) is 0 Å². The molecule has 0 saturated carbocycles. The molecule has 2 aromatic rings. The Morgan fingerprint density at radius 1 is 0.963 bits per heavy atom. The van der Waals surface area contributed by atoms with E-state index >= 15 is 0 Å². The summed E-state index contributed by atoms with van der Waals surface area (Å²) in [5, 5.41) is 5.75. The first-order valence-corrected chi connectivity index (χ1v) is 9.31. The van der Waals surface area contributed by atoms with Gasteiger partial charge in [0.05, 0.1) is 11.2 Å². The summed E-state index contributed by atoms with van der Waals surface area (Å²) in [5.74, 6) is 0. The van der Waals surface area contributed by atoms with Gasteiger partial charge < -0.3 is 19.9 Å². The lowest BCUT2D eigenvalue weighted by molar-refractivity contribution is 0.00578. The molecule has 1 aliphatic rings. The zero-order chi connectivity index (χ0) is 19.5. The van der Waals surface area contributed by atoms with Crippen LogP contribution in [0.5, 0.6) is 0 Å². The van der Waals surface area contributed by atoms with Crippen LogP contribution >= 0.6 is 0 Å². The van der Waals surface area contributed by atoms with Crippen molar-refractivity contribution in [2.45, 2.75) is 45.3 Å². The number of hydrogen-bond acceptors (Lipinski definition) is 3. The summed E-state index contributed by atoms with van der Waals surface area (Å²) in [6.07, 6.45) is 0.794. The highest BCUT2D eigenvalue weighted by Crippen LogP contribution is 2.36. The first-order valence-electron chi connectivity index (χ1n) is 9.31. The van der Waals surface area contributed by atoms with Gasteiger partial charge in [0.2, 0.25) is 0 Å². The van der Waals surface area contributed by atoms with Gasteiger partial charge in [-0.1, -0.05) is 42.5 Å². The van der Waals surface area contributed by atoms with Gasteiger partial charge in [-0.2, -0.15) is 0 Å². The summed E-state index contributed by atoms with van der Waals surface area (Å²) in [7, 11) is -0.446. The molecule has 1 aliphatic heterocycles. The van der Waals surface area contributed by atoms with E-state index in [0.717, 1.165) is 11.9 Å². The molecule has 1 fully saturated rings. The van der Waals surface area contributed by atoms with Crippen LogP contribution in [0.2, 0.25) is 0 Å². The van der Waals surface area contributed by atoms with Crippen molar-refractivity contribution in [3.8, 4) is 0 Å². The summed E-state index contributed by atoms with van der Waals surface area (Å²) in [4.78, 5) is 12.2. The Morgan fingerprint density at radius 3 is 2.30 bits per heavy atom. The van der Waals surface area contributed by atoms with E-state index in [0.29, 0.717) is 12.2 Å². The maximum Gasteiger partial charge on any atom is 0.494 e. The van der Waals surface area contributed by atoms with Crippen molar-refractivity contribution < 1.29 is 14.1 Å². The number of carbonyl (C=O) groups is 1. The smallest absolute Gasteiger partial charge is 0.399 e. The Bertz CT molecular complexity index is 777.